The van der Waals surface area contributed by atoms with E-state index in [1.165, 1.54) is 22.3 Å². The summed E-state index contributed by atoms with van der Waals surface area (Å²) in [7, 11) is 0. The van der Waals surface area contributed by atoms with Crippen LogP contribution in [-0.4, -0.2) is 0 Å². The topological polar surface area (TPSA) is 0 Å². The van der Waals surface area contributed by atoms with Crippen molar-refractivity contribution in [3.63, 3.8) is 0 Å². The van der Waals surface area contributed by atoms with E-state index in [0.717, 1.165) is 6.42 Å². The fourth-order valence-electron chi connectivity index (χ4n) is 1.75. The highest BCUT2D eigenvalue weighted by Gasteiger charge is 2.03. The summed E-state index contributed by atoms with van der Waals surface area (Å²) in [6.45, 7) is 4.31. The lowest BCUT2D eigenvalue weighted by atomic mass is 10.1. The van der Waals surface area contributed by atoms with Gasteiger partial charge in [-0.25, -0.2) is 0 Å². The molecule has 0 saturated carbocycles. The van der Waals surface area contributed by atoms with E-state index in [1.54, 1.807) is 0 Å². The van der Waals surface area contributed by atoms with E-state index >= 15 is 0 Å². The summed E-state index contributed by atoms with van der Waals surface area (Å²) < 4.78 is 0. The quantitative estimate of drug-likeness (QED) is 0.669. The molecule has 0 atom stereocenters. The van der Waals surface area contributed by atoms with E-state index in [4.69, 9.17) is 0 Å². The van der Waals surface area contributed by atoms with Gasteiger partial charge in [-0.15, -0.1) is 0 Å². The Hall–Kier alpha value is -1.56. The largest absolute Gasteiger partial charge is 0.0692 e. The van der Waals surface area contributed by atoms with Gasteiger partial charge in [0.15, 0.2) is 0 Å². The van der Waals surface area contributed by atoms with Gasteiger partial charge in [-0.1, -0.05) is 54.1 Å². The van der Waals surface area contributed by atoms with Crippen molar-refractivity contribution in [2.75, 3.05) is 0 Å². The van der Waals surface area contributed by atoms with Crippen LogP contribution in [0, 0.1) is 0 Å². The molecule has 0 N–H and O–H groups in total. The first kappa shape index (κ1) is 9.97. The normalized spacial score (nSPS) is 14.3. The molecule has 0 aromatic heterocycles. The summed E-state index contributed by atoms with van der Waals surface area (Å²) in [6.07, 6.45) is 7.74. The molecular formula is C15H16. The predicted molar refractivity (Wildman–Crippen MR) is 65.7 cm³/mol. The van der Waals surface area contributed by atoms with Crippen LogP contribution in [-0.2, 0) is 6.42 Å². The molecular weight excluding hydrogens is 180 g/mol. The second-order valence-corrected chi connectivity index (χ2v) is 4.17. The summed E-state index contributed by atoms with van der Waals surface area (Å²) in [5.74, 6) is 0. The zero-order valence-corrected chi connectivity index (χ0v) is 9.33. The molecule has 15 heavy (non-hydrogen) atoms. The predicted octanol–water partition coefficient (Wildman–Crippen LogP) is 4.06. The molecule has 0 saturated heterocycles. The molecule has 0 unspecified atom stereocenters. The standard InChI is InChI=1S/C15H16/c1-12(2)15-9-8-14(11-15)10-13-6-4-3-5-7-13/h3-9,11H,10H2,1-2H3. The molecule has 0 heteroatoms. The molecule has 0 aliphatic heterocycles. The molecule has 1 aromatic carbocycles. The Balaban J connectivity index is 2.14. The summed E-state index contributed by atoms with van der Waals surface area (Å²) in [4.78, 5) is 0. The van der Waals surface area contributed by atoms with Crippen LogP contribution in [0.5, 0.6) is 0 Å². The van der Waals surface area contributed by atoms with Crippen molar-refractivity contribution in [3.8, 4) is 0 Å². The van der Waals surface area contributed by atoms with Gasteiger partial charge in [0.2, 0.25) is 0 Å². The molecule has 76 valence electrons. The smallest absolute Gasteiger partial charge is 0.00256 e. The minimum absolute atomic E-state index is 1.04. The summed E-state index contributed by atoms with van der Waals surface area (Å²) in [5.41, 5.74) is 5.52. The molecule has 2 rings (SSSR count). The summed E-state index contributed by atoms with van der Waals surface area (Å²) >= 11 is 0. The van der Waals surface area contributed by atoms with Crippen molar-refractivity contribution in [1.82, 2.24) is 0 Å². The fraction of sp³-hybridized carbons (Fsp3) is 0.200. The van der Waals surface area contributed by atoms with Crippen LogP contribution < -0.4 is 0 Å². The van der Waals surface area contributed by atoms with Crippen LogP contribution >= 0.6 is 0 Å². The summed E-state index contributed by atoms with van der Waals surface area (Å²) in [5, 5.41) is 0. The average molecular weight is 196 g/mol. The van der Waals surface area contributed by atoms with E-state index in [-0.39, 0.29) is 0 Å². The highest BCUT2D eigenvalue weighted by Crippen LogP contribution is 2.21. The maximum absolute atomic E-state index is 2.28. The number of rotatable bonds is 2. The SMILES string of the molecule is CC(C)=C1C=CC(Cc2ccccc2)=C1. The lowest BCUT2D eigenvalue weighted by Gasteiger charge is -1.99. The van der Waals surface area contributed by atoms with Gasteiger partial charge in [-0.05, 0) is 37.0 Å². The molecule has 0 spiro atoms. The zero-order valence-electron chi connectivity index (χ0n) is 9.33. The third-order valence-electron chi connectivity index (χ3n) is 2.65. The second kappa shape index (κ2) is 4.31. The van der Waals surface area contributed by atoms with Gasteiger partial charge in [0.05, 0.1) is 0 Å². The molecule has 1 aliphatic carbocycles. The van der Waals surface area contributed by atoms with E-state index in [0.29, 0.717) is 0 Å². The average Bonchev–Trinajstić information content (AvgIpc) is 2.68. The number of allylic oxidation sites excluding steroid dienone is 6. The Labute approximate surface area is 91.6 Å². The molecule has 0 radical (unpaired) electrons. The van der Waals surface area contributed by atoms with Gasteiger partial charge >= 0.3 is 0 Å². The van der Waals surface area contributed by atoms with Crippen LogP contribution in [0.2, 0.25) is 0 Å². The lowest BCUT2D eigenvalue weighted by Crippen LogP contribution is -1.85. The Morgan fingerprint density at radius 2 is 1.73 bits per heavy atom. The third kappa shape index (κ3) is 2.47. The van der Waals surface area contributed by atoms with Crippen molar-refractivity contribution in [2.24, 2.45) is 0 Å². The van der Waals surface area contributed by atoms with Crippen molar-refractivity contribution in [3.05, 3.63) is 70.8 Å². The first-order valence-electron chi connectivity index (χ1n) is 5.36. The number of hydrogen-bond donors (Lipinski definition) is 0. The fourth-order valence-corrected chi connectivity index (χ4v) is 1.75. The molecule has 1 aromatic rings. The lowest BCUT2D eigenvalue weighted by molar-refractivity contribution is 1.20. The number of benzene rings is 1. The maximum Gasteiger partial charge on any atom is -0.00256 e. The van der Waals surface area contributed by atoms with Gasteiger partial charge in [0.1, 0.15) is 0 Å². The molecule has 1 aliphatic rings. The Morgan fingerprint density at radius 3 is 2.33 bits per heavy atom. The van der Waals surface area contributed by atoms with E-state index in [9.17, 15) is 0 Å². The van der Waals surface area contributed by atoms with Crippen LogP contribution in [0.25, 0.3) is 0 Å². The first-order valence-corrected chi connectivity index (χ1v) is 5.36. The van der Waals surface area contributed by atoms with Crippen molar-refractivity contribution >= 4 is 0 Å². The number of hydrogen-bond acceptors (Lipinski definition) is 0. The van der Waals surface area contributed by atoms with Crippen LogP contribution in [0.3, 0.4) is 0 Å². The minimum atomic E-state index is 1.04. The Bertz CT molecular complexity index is 426. The van der Waals surface area contributed by atoms with E-state index in [2.05, 4.69) is 62.4 Å². The highest BCUT2D eigenvalue weighted by atomic mass is 14.1. The van der Waals surface area contributed by atoms with E-state index in [1.807, 2.05) is 0 Å². The monoisotopic (exact) mass is 196 g/mol. The van der Waals surface area contributed by atoms with Crippen molar-refractivity contribution in [2.45, 2.75) is 20.3 Å². The van der Waals surface area contributed by atoms with Gasteiger partial charge in [-0.3, -0.25) is 0 Å². The van der Waals surface area contributed by atoms with E-state index < -0.39 is 0 Å². The van der Waals surface area contributed by atoms with Gasteiger partial charge in [-0.2, -0.15) is 0 Å². The van der Waals surface area contributed by atoms with Crippen molar-refractivity contribution in [1.29, 1.82) is 0 Å². The first-order chi connectivity index (χ1) is 7.25. The summed E-state index contributed by atoms with van der Waals surface area (Å²) in [6, 6.07) is 10.6. The van der Waals surface area contributed by atoms with Gasteiger partial charge < -0.3 is 0 Å². The molecule has 0 heterocycles. The Kier molecular flexibility index (Phi) is 2.86. The maximum atomic E-state index is 2.28. The Morgan fingerprint density at radius 1 is 1.00 bits per heavy atom. The molecule has 0 amide bonds. The zero-order chi connectivity index (χ0) is 10.7. The van der Waals surface area contributed by atoms with Crippen LogP contribution in [0.4, 0.5) is 0 Å². The van der Waals surface area contributed by atoms with Gasteiger partial charge in [0, 0.05) is 0 Å². The molecule has 0 bridgehead atoms. The van der Waals surface area contributed by atoms with Crippen LogP contribution in [0.15, 0.2) is 65.3 Å². The molecule has 0 nitrogen and oxygen atoms in total. The second-order valence-electron chi connectivity index (χ2n) is 4.17. The van der Waals surface area contributed by atoms with Crippen LogP contribution in [0.1, 0.15) is 19.4 Å². The van der Waals surface area contributed by atoms with Gasteiger partial charge in [0.25, 0.3) is 0 Å². The van der Waals surface area contributed by atoms with Crippen molar-refractivity contribution < 1.29 is 0 Å². The molecule has 0 fully saturated rings. The highest BCUT2D eigenvalue weighted by molar-refractivity contribution is 5.49. The third-order valence-corrected chi connectivity index (χ3v) is 2.65. The minimum Gasteiger partial charge on any atom is -0.0692 e.